The third-order valence-electron chi connectivity index (χ3n) is 4.73. The second-order valence-corrected chi connectivity index (χ2v) is 8.84. The van der Waals surface area contributed by atoms with Gasteiger partial charge >= 0.3 is 0 Å². The molecule has 3 N–H and O–H groups in total. The van der Waals surface area contributed by atoms with E-state index in [0.717, 1.165) is 0 Å². The lowest BCUT2D eigenvalue weighted by atomic mass is 10.2. The molecule has 0 aliphatic rings. The van der Waals surface area contributed by atoms with Crippen LogP contribution in [0.15, 0.2) is 66.1 Å². The minimum absolute atomic E-state index is 0.0168. The fourth-order valence-electron chi connectivity index (χ4n) is 2.78. The van der Waals surface area contributed by atoms with Crippen LogP contribution in [-0.2, 0) is 19.6 Å². The number of rotatable bonds is 9. The Bertz CT molecular complexity index is 1190. The number of sulfonamides is 1. The molecule has 174 valence electrons. The second-order valence-electron chi connectivity index (χ2n) is 7.13. The summed E-state index contributed by atoms with van der Waals surface area (Å²) < 4.78 is 33.8. The van der Waals surface area contributed by atoms with Crippen LogP contribution in [0.25, 0.3) is 0 Å². The number of carbonyl (C=O) groups is 2. The van der Waals surface area contributed by atoms with E-state index in [0.29, 0.717) is 17.1 Å². The molecular formula is C21H24N6O5S. The zero-order valence-electron chi connectivity index (χ0n) is 18.2. The van der Waals surface area contributed by atoms with Crippen LogP contribution in [-0.4, -0.2) is 48.1 Å². The highest BCUT2D eigenvalue weighted by atomic mass is 32.2. The summed E-state index contributed by atoms with van der Waals surface area (Å²) >= 11 is 0. The third-order valence-corrected chi connectivity index (χ3v) is 6.28. The minimum atomic E-state index is -3.89. The molecule has 0 bridgehead atoms. The highest BCUT2D eigenvalue weighted by Crippen LogP contribution is 2.17. The van der Waals surface area contributed by atoms with E-state index in [2.05, 4.69) is 25.4 Å². The first-order valence-corrected chi connectivity index (χ1v) is 11.4. The van der Waals surface area contributed by atoms with Crippen molar-refractivity contribution in [1.82, 2.24) is 19.5 Å². The van der Waals surface area contributed by atoms with Crippen molar-refractivity contribution < 1.29 is 22.7 Å². The second kappa shape index (κ2) is 10.2. The van der Waals surface area contributed by atoms with Crippen molar-refractivity contribution >= 4 is 33.2 Å². The number of anilines is 2. The molecule has 0 radical (unpaired) electrons. The van der Waals surface area contributed by atoms with Crippen molar-refractivity contribution in [3.63, 3.8) is 0 Å². The summed E-state index contributed by atoms with van der Waals surface area (Å²) in [6, 6.07) is 10.7. The number of benzene rings is 2. The quantitative estimate of drug-likeness (QED) is 0.431. The van der Waals surface area contributed by atoms with Crippen LogP contribution in [0.5, 0.6) is 5.75 Å². The molecule has 2 aromatic carbocycles. The standard InChI is InChI=1S/C21H24N6O5S/c1-14(26-33(30,31)19-10-8-18(32-3)9-11-19)20(28)24-16-4-6-17(7-5-16)25-21(29)15(2)27-13-22-12-23-27/h4-15,26H,1-3H3,(H,24,28)(H,25,29)/t14-,15?/m0/s1. The van der Waals surface area contributed by atoms with Gasteiger partial charge in [0.15, 0.2) is 0 Å². The van der Waals surface area contributed by atoms with Gasteiger partial charge in [-0.2, -0.15) is 9.82 Å². The summed E-state index contributed by atoms with van der Waals surface area (Å²) in [5, 5.41) is 9.33. The number of ether oxygens (including phenoxy) is 1. The van der Waals surface area contributed by atoms with Crippen LogP contribution in [0.4, 0.5) is 11.4 Å². The maximum absolute atomic E-state index is 12.5. The van der Waals surface area contributed by atoms with Gasteiger partial charge in [-0.1, -0.05) is 0 Å². The molecule has 1 aromatic heterocycles. The summed E-state index contributed by atoms with van der Waals surface area (Å²) in [5.74, 6) is -0.297. The highest BCUT2D eigenvalue weighted by Gasteiger charge is 2.22. The van der Waals surface area contributed by atoms with Crippen molar-refractivity contribution in [1.29, 1.82) is 0 Å². The van der Waals surface area contributed by atoms with Gasteiger partial charge in [0.1, 0.15) is 24.4 Å². The lowest BCUT2D eigenvalue weighted by Crippen LogP contribution is -2.41. The molecule has 33 heavy (non-hydrogen) atoms. The van der Waals surface area contributed by atoms with E-state index in [1.54, 1.807) is 31.2 Å². The van der Waals surface area contributed by atoms with Crippen molar-refractivity contribution in [2.75, 3.05) is 17.7 Å². The fraction of sp³-hybridized carbons (Fsp3) is 0.238. The summed E-state index contributed by atoms with van der Waals surface area (Å²) in [4.78, 5) is 28.6. The minimum Gasteiger partial charge on any atom is -0.497 e. The van der Waals surface area contributed by atoms with Gasteiger partial charge in [0.25, 0.3) is 0 Å². The van der Waals surface area contributed by atoms with Crippen LogP contribution in [0.2, 0.25) is 0 Å². The average Bonchev–Trinajstić information content (AvgIpc) is 3.34. The van der Waals surface area contributed by atoms with E-state index in [9.17, 15) is 18.0 Å². The van der Waals surface area contributed by atoms with Gasteiger partial charge in [0.2, 0.25) is 21.8 Å². The number of hydrogen-bond acceptors (Lipinski definition) is 7. The Hall–Kier alpha value is -3.77. The predicted octanol–water partition coefficient (Wildman–Crippen LogP) is 1.79. The number of nitrogens with one attached hydrogen (secondary N) is 3. The Kier molecular flexibility index (Phi) is 7.41. The van der Waals surface area contributed by atoms with Gasteiger partial charge in [-0.15, -0.1) is 0 Å². The first-order valence-electron chi connectivity index (χ1n) is 9.92. The van der Waals surface area contributed by atoms with E-state index in [1.807, 2.05) is 0 Å². The van der Waals surface area contributed by atoms with E-state index < -0.39 is 28.0 Å². The summed E-state index contributed by atoms with van der Waals surface area (Å²) in [5.41, 5.74) is 0.969. The number of amides is 2. The van der Waals surface area contributed by atoms with Gasteiger partial charge in [0.05, 0.1) is 18.0 Å². The summed E-state index contributed by atoms with van der Waals surface area (Å²) in [6.45, 7) is 3.13. The van der Waals surface area contributed by atoms with Crippen LogP contribution < -0.4 is 20.1 Å². The summed E-state index contributed by atoms with van der Waals surface area (Å²) in [6.07, 6.45) is 2.80. The Morgan fingerprint density at radius 3 is 2.03 bits per heavy atom. The third kappa shape index (κ3) is 6.14. The molecule has 0 aliphatic heterocycles. The topological polar surface area (TPSA) is 144 Å². The molecule has 2 atom stereocenters. The van der Waals surface area contributed by atoms with Crippen LogP contribution in [0.1, 0.15) is 19.9 Å². The van der Waals surface area contributed by atoms with Gasteiger partial charge in [-0.3, -0.25) is 9.59 Å². The van der Waals surface area contributed by atoms with Crippen LogP contribution >= 0.6 is 0 Å². The lowest BCUT2D eigenvalue weighted by molar-refractivity contribution is -0.119. The summed E-state index contributed by atoms with van der Waals surface area (Å²) in [7, 11) is -2.41. The molecule has 2 amide bonds. The van der Waals surface area contributed by atoms with Gasteiger partial charge in [-0.05, 0) is 62.4 Å². The van der Waals surface area contributed by atoms with Crippen molar-refractivity contribution in [3.8, 4) is 5.75 Å². The number of aromatic nitrogens is 3. The predicted molar refractivity (Wildman–Crippen MR) is 121 cm³/mol. The molecule has 0 fully saturated rings. The Morgan fingerprint density at radius 1 is 0.939 bits per heavy atom. The monoisotopic (exact) mass is 472 g/mol. The smallest absolute Gasteiger partial charge is 0.249 e. The molecule has 3 aromatic rings. The van der Waals surface area contributed by atoms with Crippen LogP contribution in [0, 0.1) is 0 Å². The molecule has 1 unspecified atom stereocenters. The zero-order chi connectivity index (χ0) is 24.0. The maximum atomic E-state index is 12.5. The number of methoxy groups -OCH3 is 1. The highest BCUT2D eigenvalue weighted by molar-refractivity contribution is 7.89. The number of nitrogens with zero attached hydrogens (tertiary/aromatic N) is 3. The van der Waals surface area contributed by atoms with Crippen molar-refractivity contribution in [3.05, 3.63) is 61.2 Å². The van der Waals surface area contributed by atoms with E-state index >= 15 is 0 Å². The molecule has 11 nitrogen and oxygen atoms in total. The Labute approximate surface area is 191 Å². The first-order chi connectivity index (χ1) is 15.7. The molecule has 0 spiro atoms. The molecule has 0 saturated heterocycles. The first kappa shape index (κ1) is 23.9. The average molecular weight is 473 g/mol. The van der Waals surface area contributed by atoms with Gasteiger partial charge in [-0.25, -0.2) is 18.1 Å². The Balaban J connectivity index is 1.56. The van der Waals surface area contributed by atoms with Gasteiger partial charge in [0, 0.05) is 11.4 Å². The molecule has 1 heterocycles. The van der Waals surface area contributed by atoms with Crippen molar-refractivity contribution in [2.45, 2.75) is 30.8 Å². The molecular weight excluding hydrogens is 448 g/mol. The van der Waals surface area contributed by atoms with E-state index in [-0.39, 0.29) is 10.8 Å². The largest absolute Gasteiger partial charge is 0.497 e. The van der Waals surface area contributed by atoms with E-state index in [1.165, 1.54) is 55.6 Å². The van der Waals surface area contributed by atoms with E-state index in [4.69, 9.17) is 4.74 Å². The normalized spacial score (nSPS) is 13.1. The zero-order valence-corrected chi connectivity index (χ0v) is 19.0. The molecule has 0 saturated carbocycles. The molecule has 0 aliphatic carbocycles. The maximum Gasteiger partial charge on any atom is 0.249 e. The Morgan fingerprint density at radius 2 is 1.52 bits per heavy atom. The SMILES string of the molecule is COc1ccc(S(=O)(=O)N[C@@H](C)C(=O)Nc2ccc(NC(=O)C(C)n3cncn3)cc2)cc1. The van der Waals surface area contributed by atoms with Crippen LogP contribution in [0.3, 0.4) is 0 Å². The number of hydrogen-bond donors (Lipinski definition) is 3. The fourth-order valence-corrected chi connectivity index (χ4v) is 3.98. The van der Waals surface area contributed by atoms with Gasteiger partial charge < -0.3 is 15.4 Å². The number of carbonyl (C=O) groups excluding carboxylic acids is 2. The molecule has 3 rings (SSSR count). The molecule has 12 heteroatoms. The lowest BCUT2D eigenvalue weighted by Gasteiger charge is -2.15. The van der Waals surface area contributed by atoms with Crippen molar-refractivity contribution in [2.24, 2.45) is 0 Å².